The Morgan fingerprint density at radius 2 is 0.565 bits per heavy atom. The van der Waals surface area contributed by atoms with E-state index in [2.05, 4.69) is 130 Å². The zero-order valence-corrected chi connectivity index (χ0v) is 44.8. The van der Waals surface area contributed by atoms with Crippen molar-refractivity contribution < 1.29 is 28.6 Å². The van der Waals surface area contributed by atoms with E-state index < -0.39 is 6.10 Å². The van der Waals surface area contributed by atoms with E-state index in [1.54, 1.807) is 0 Å². The minimum absolute atomic E-state index is 0.101. The van der Waals surface area contributed by atoms with Crippen molar-refractivity contribution in [1.29, 1.82) is 0 Å². The molecule has 0 spiro atoms. The van der Waals surface area contributed by atoms with Gasteiger partial charge in [0, 0.05) is 19.3 Å². The normalized spacial score (nSPS) is 12.9. The van der Waals surface area contributed by atoms with Gasteiger partial charge in [0.15, 0.2) is 6.10 Å². The number of carbonyl (C=O) groups excluding carboxylic acids is 3. The molecule has 0 saturated carbocycles. The molecule has 0 aromatic rings. The first-order valence-electron chi connectivity index (χ1n) is 28.4. The van der Waals surface area contributed by atoms with E-state index in [1.807, 2.05) is 0 Å². The summed E-state index contributed by atoms with van der Waals surface area (Å²) in [5, 5.41) is 0. The molecule has 0 radical (unpaired) electrons. The van der Waals surface area contributed by atoms with Crippen molar-refractivity contribution in [2.75, 3.05) is 13.2 Å². The van der Waals surface area contributed by atoms with Gasteiger partial charge in [0.1, 0.15) is 13.2 Å². The van der Waals surface area contributed by atoms with Gasteiger partial charge in [-0.1, -0.05) is 214 Å². The molecule has 392 valence electrons. The van der Waals surface area contributed by atoms with Crippen molar-refractivity contribution in [2.24, 2.45) is 0 Å². The highest BCUT2D eigenvalue weighted by Crippen LogP contribution is 2.14. The van der Waals surface area contributed by atoms with Crippen molar-refractivity contribution in [1.82, 2.24) is 0 Å². The molecule has 0 aromatic carbocycles. The predicted molar refractivity (Wildman–Crippen MR) is 297 cm³/mol. The Bertz CT molecular complexity index is 1420. The van der Waals surface area contributed by atoms with E-state index in [4.69, 9.17) is 14.2 Å². The molecule has 0 rings (SSSR count). The number of ether oxygens (including phenoxy) is 3. The summed E-state index contributed by atoms with van der Waals surface area (Å²) in [4.78, 5) is 38.2. The monoisotopic (exact) mass is 957 g/mol. The maximum absolute atomic E-state index is 12.9. The van der Waals surface area contributed by atoms with Crippen molar-refractivity contribution in [3.05, 3.63) is 109 Å². The molecule has 0 bridgehead atoms. The third-order valence-corrected chi connectivity index (χ3v) is 11.7. The number of hydrogen-bond donors (Lipinski definition) is 0. The Kier molecular flexibility index (Phi) is 53.4. The average molecular weight is 958 g/mol. The van der Waals surface area contributed by atoms with Crippen molar-refractivity contribution >= 4 is 17.9 Å². The third-order valence-electron chi connectivity index (χ3n) is 11.7. The quantitative estimate of drug-likeness (QED) is 0.0262. The van der Waals surface area contributed by atoms with Gasteiger partial charge in [-0.3, -0.25) is 14.4 Å². The van der Waals surface area contributed by atoms with E-state index in [-0.39, 0.29) is 31.1 Å². The highest BCUT2D eigenvalue weighted by Gasteiger charge is 2.19. The molecule has 0 amide bonds. The number of rotatable bonds is 50. The molecule has 0 heterocycles. The van der Waals surface area contributed by atoms with E-state index in [0.29, 0.717) is 19.3 Å². The van der Waals surface area contributed by atoms with Crippen LogP contribution in [0.3, 0.4) is 0 Å². The lowest BCUT2D eigenvalue weighted by molar-refractivity contribution is -0.167. The second-order valence-corrected chi connectivity index (χ2v) is 18.5. The minimum Gasteiger partial charge on any atom is -0.462 e. The maximum atomic E-state index is 12.9. The molecule has 1 unspecified atom stereocenters. The summed E-state index contributed by atoms with van der Waals surface area (Å²) in [5.41, 5.74) is 0. The van der Waals surface area contributed by atoms with Crippen LogP contribution in [0.1, 0.15) is 252 Å². The molecule has 0 aliphatic rings. The molecule has 0 aromatic heterocycles. The second kappa shape index (κ2) is 56.7. The van der Waals surface area contributed by atoms with Crippen LogP contribution in [0.4, 0.5) is 0 Å². The molecular weight excluding hydrogens is 853 g/mol. The molecule has 0 aliphatic carbocycles. The van der Waals surface area contributed by atoms with Gasteiger partial charge in [0.2, 0.25) is 0 Å². The Balaban J connectivity index is 4.50. The summed E-state index contributed by atoms with van der Waals surface area (Å²) >= 11 is 0. The highest BCUT2D eigenvalue weighted by atomic mass is 16.6. The molecule has 1 atom stereocenters. The van der Waals surface area contributed by atoms with E-state index in [1.165, 1.54) is 77.0 Å². The van der Waals surface area contributed by atoms with Gasteiger partial charge in [-0.15, -0.1) is 0 Å². The van der Waals surface area contributed by atoms with Crippen LogP contribution in [0.25, 0.3) is 0 Å². The maximum Gasteiger partial charge on any atom is 0.306 e. The van der Waals surface area contributed by atoms with Crippen LogP contribution < -0.4 is 0 Å². The smallest absolute Gasteiger partial charge is 0.306 e. The topological polar surface area (TPSA) is 78.9 Å². The number of unbranched alkanes of at least 4 members (excludes halogenated alkanes) is 21. The van der Waals surface area contributed by atoms with Gasteiger partial charge in [-0.25, -0.2) is 0 Å². The molecule has 0 aliphatic heterocycles. The first kappa shape index (κ1) is 65.1. The van der Waals surface area contributed by atoms with Gasteiger partial charge in [0.05, 0.1) is 0 Å². The molecule has 6 nitrogen and oxygen atoms in total. The summed E-state index contributed by atoms with van der Waals surface area (Å²) in [6.45, 7) is 6.43. The van der Waals surface area contributed by atoms with Crippen molar-refractivity contribution in [3.63, 3.8) is 0 Å². The van der Waals surface area contributed by atoms with E-state index >= 15 is 0 Å². The number of esters is 3. The average Bonchev–Trinajstić information content (AvgIpc) is 3.35. The molecule has 6 heteroatoms. The Hall–Kier alpha value is -3.93. The van der Waals surface area contributed by atoms with Gasteiger partial charge in [-0.2, -0.15) is 0 Å². The summed E-state index contributed by atoms with van der Waals surface area (Å²) < 4.78 is 16.8. The van der Waals surface area contributed by atoms with Crippen molar-refractivity contribution in [3.8, 4) is 0 Å². The van der Waals surface area contributed by atoms with Gasteiger partial charge in [0.25, 0.3) is 0 Å². The molecular formula is C63H104O6. The molecule has 0 fully saturated rings. The summed E-state index contributed by atoms with van der Waals surface area (Å²) in [6.07, 6.45) is 76.4. The lowest BCUT2D eigenvalue weighted by atomic mass is 10.1. The van der Waals surface area contributed by atoms with Crippen LogP contribution in [0.15, 0.2) is 109 Å². The zero-order chi connectivity index (χ0) is 50.0. The summed E-state index contributed by atoms with van der Waals surface area (Å²) in [5.74, 6) is -0.955. The van der Waals surface area contributed by atoms with Crippen LogP contribution in [0, 0.1) is 0 Å². The fourth-order valence-corrected chi connectivity index (χ4v) is 7.47. The van der Waals surface area contributed by atoms with E-state index in [0.717, 1.165) is 135 Å². The van der Waals surface area contributed by atoms with Gasteiger partial charge >= 0.3 is 17.9 Å². The highest BCUT2D eigenvalue weighted by molar-refractivity contribution is 5.71. The fourth-order valence-electron chi connectivity index (χ4n) is 7.47. The largest absolute Gasteiger partial charge is 0.462 e. The lowest BCUT2D eigenvalue weighted by Crippen LogP contribution is -2.30. The van der Waals surface area contributed by atoms with Crippen LogP contribution >= 0.6 is 0 Å². The minimum atomic E-state index is -0.804. The standard InChI is InChI=1S/C63H104O6/c1-4-7-10-13-16-19-22-25-28-30-31-33-35-38-41-44-47-50-53-56-62(65)68-59-60(58-67-61(64)55-52-49-46-43-40-37-34-27-24-21-18-15-12-9-6-3)69-63(66)57-54-51-48-45-42-39-36-32-29-26-23-20-17-14-11-8-5-2/h7,10,16-21,25-29,31,33-34,38,41,60H,4-6,8-9,11-15,22-24,30,32,35-37,39-40,42-59H2,1-3H3/b10-7-,19-16-,20-17-,21-18-,28-25-,29-26-,33-31-,34-27-,41-38-. The molecule has 0 N–H and O–H groups in total. The number of allylic oxidation sites excluding steroid dienone is 18. The summed E-state index contributed by atoms with van der Waals surface area (Å²) in [7, 11) is 0. The number of carbonyl (C=O) groups is 3. The third kappa shape index (κ3) is 54.9. The van der Waals surface area contributed by atoms with Gasteiger partial charge in [-0.05, 0) is 128 Å². The fraction of sp³-hybridized carbons (Fsp3) is 0.667. The van der Waals surface area contributed by atoms with Crippen LogP contribution in [0.2, 0.25) is 0 Å². The zero-order valence-electron chi connectivity index (χ0n) is 44.8. The van der Waals surface area contributed by atoms with Gasteiger partial charge < -0.3 is 14.2 Å². The lowest BCUT2D eigenvalue weighted by Gasteiger charge is -2.18. The Morgan fingerprint density at radius 3 is 0.899 bits per heavy atom. The SMILES string of the molecule is CC/C=C\C/C=C\C/C=C\C/C=C\C/C=C\CCCCCC(=O)OCC(COC(=O)CCCCCCC/C=C\C/C=C\CCCCC)OC(=O)CCCCCCCCC/C=C\C/C=C\CCCCC. The summed E-state index contributed by atoms with van der Waals surface area (Å²) in [6, 6.07) is 0. The number of hydrogen-bond acceptors (Lipinski definition) is 6. The Labute approximate surface area is 425 Å². The first-order chi connectivity index (χ1) is 34.0. The first-order valence-corrected chi connectivity index (χ1v) is 28.4. The Morgan fingerprint density at radius 1 is 0.304 bits per heavy atom. The second-order valence-electron chi connectivity index (χ2n) is 18.5. The molecule has 0 saturated heterocycles. The van der Waals surface area contributed by atoms with Crippen LogP contribution in [0.5, 0.6) is 0 Å². The van der Waals surface area contributed by atoms with Crippen LogP contribution in [-0.2, 0) is 28.6 Å². The molecule has 69 heavy (non-hydrogen) atoms. The van der Waals surface area contributed by atoms with Crippen molar-refractivity contribution in [2.45, 2.75) is 258 Å². The predicted octanol–water partition coefficient (Wildman–Crippen LogP) is 19.1. The van der Waals surface area contributed by atoms with E-state index in [9.17, 15) is 14.4 Å². The van der Waals surface area contributed by atoms with Crippen LogP contribution in [-0.4, -0.2) is 37.2 Å².